The quantitative estimate of drug-likeness (QED) is 0.632. The summed E-state index contributed by atoms with van der Waals surface area (Å²) >= 11 is 1.65. The maximum atomic E-state index is 12.3. The predicted molar refractivity (Wildman–Crippen MR) is 77.2 cm³/mol. The molecule has 0 radical (unpaired) electrons. The molecule has 0 saturated carbocycles. The van der Waals surface area contributed by atoms with Crippen LogP contribution in [0.4, 0.5) is 0 Å². The van der Waals surface area contributed by atoms with E-state index in [1.807, 2.05) is 43.5 Å². The van der Waals surface area contributed by atoms with Crippen molar-refractivity contribution in [3.8, 4) is 5.88 Å². The highest BCUT2D eigenvalue weighted by atomic mass is 32.2. The molecule has 0 spiro atoms. The van der Waals surface area contributed by atoms with Crippen molar-refractivity contribution < 1.29 is 9.53 Å². The van der Waals surface area contributed by atoms with E-state index in [2.05, 4.69) is 4.98 Å². The second-order valence-corrected chi connectivity index (χ2v) is 4.96. The van der Waals surface area contributed by atoms with Crippen LogP contribution >= 0.6 is 11.8 Å². The van der Waals surface area contributed by atoms with Gasteiger partial charge in [0.05, 0.1) is 7.11 Å². The summed E-state index contributed by atoms with van der Waals surface area (Å²) < 4.78 is 5.14. The van der Waals surface area contributed by atoms with Crippen LogP contribution in [0.1, 0.15) is 21.6 Å². The van der Waals surface area contributed by atoms with Crippen LogP contribution < -0.4 is 4.74 Å². The van der Waals surface area contributed by atoms with Gasteiger partial charge in [0.15, 0.2) is 0 Å². The molecule has 2 rings (SSSR count). The molecule has 0 bridgehead atoms. The Morgan fingerprint density at radius 2 is 1.84 bits per heavy atom. The number of ketones is 1. The van der Waals surface area contributed by atoms with Crippen molar-refractivity contribution in [1.29, 1.82) is 0 Å². The van der Waals surface area contributed by atoms with E-state index in [4.69, 9.17) is 4.74 Å². The second-order valence-electron chi connectivity index (χ2n) is 4.08. The van der Waals surface area contributed by atoms with Gasteiger partial charge in [0.1, 0.15) is 5.69 Å². The Balaban J connectivity index is 2.32. The summed E-state index contributed by atoms with van der Waals surface area (Å²) in [4.78, 5) is 17.7. The molecule has 2 aromatic rings. The number of pyridine rings is 1. The van der Waals surface area contributed by atoms with Gasteiger partial charge in [-0.15, -0.1) is 11.8 Å². The van der Waals surface area contributed by atoms with Crippen LogP contribution in [0.25, 0.3) is 0 Å². The molecule has 0 fully saturated rings. The third kappa shape index (κ3) is 2.96. The third-order valence-electron chi connectivity index (χ3n) is 2.83. The van der Waals surface area contributed by atoms with E-state index in [0.717, 1.165) is 10.5 Å². The molecule has 0 aliphatic rings. The van der Waals surface area contributed by atoms with Gasteiger partial charge in [-0.3, -0.25) is 4.79 Å². The maximum absolute atomic E-state index is 12.3. The first kappa shape index (κ1) is 13.6. The molecule has 0 amide bonds. The number of thioether (sulfide) groups is 1. The van der Waals surface area contributed by atoms with Crippen molar-refractivity contribution in [3.63, 3.8) is 0 Å². The first-order valence-electron chi connectivity index (χ1n) is 5.86. The lowest BCUT2D eigenvalue weighted by molar-refractivity contribution is 0.103. The molecule has 98 valence electrons. The number of hydrogen-bond acceptors (Lipinski definition) is 4. The zero-order chi connectivity index (χ0) is 13.8. The molecule has 1 aromatic heterocycles. The van der Waals surface area contributed by atoms with Gasteiger partial charge in [-0.1, -0.05) is 6.07 Å². The molecule has 0 atom stereocenters. The van der Waals surface area contributed by atoms with Crippen molar-refractivity contribution in [1.82, 2.24) is 4.98 Å². The lowest BCUT2D eigenvalue weighted by Gasteiger charge is -2.06. The Morgan fingerprint density at radius 3 is 2.42 bits per heavy atom. The van der Waals surface area contributed by atoms with Crippen molar-refractivity contribution in [2.75, 3.05) is 13.4 Å². The molecule has 19 heavy (non-hydrogen) atoms. The van der Waals surface area contributed by atoms with Crippen molar-refractivity contribution >= 4 is 17.5 Å². The average molecular weight is 273 g/mol. The topological polar surface area (TPSA) is 39.2 Å². The van der Waals surface area contributed by atoms with E-state index < -0.39 is 0 Å². The maximum Gasteiger partial charge on any atom is 0.216 e. The van der Waals surface area contributed by atoms with Crippen LogP contribution in [0.3, 0.4) is 0 Å². The summed E-state index contributed by atoms with van der Waals surface area (Å²) in [6.45, 7) is 1.90. The SMILES string of the molecule is COc1nc(C(=O)c2ccc(SC)cc2)ccc1C. The van der Waals surface area contributed by atoms with Gasteiger partial charge in [0.25, 0.3) is 0 Å². The van der Waals surface area contributed by atoms with Crippen LogP contribution in [0.5, 0.6) is 5.88 Å². The molecule has 4 heteroatoms. The summed E-state index contributed by atoms with van der Waals surface area (Å²) in [5, 5.41) is 0. The zero-order valence-corrected chi connectivity index (χ0v) is 12.0. The molecular weight excluding hydrogens is 258 g/mol. The van der Waals surface area contributed by atoms with Gasteiger partial charge in [0, 0.05) is 16.0 Å². The number of ether oxygens (including phenoxy) is 1. The minimum absolute atomic E-state index is 0.0917. The second kappa shape index (κ2) is 5.89. The van der Waals surface area contributed by atoms with Gasteiger partial charge < -0.3 is 4.74 Å². The number of rotatable bonds is 4. The largest absolute Gasteiger partial charge is 0.481 e. The molecule has 1 heterocycles. The van der Waals surface area contributed by atoms with Crippen LogP contribution in [0.15, 0.2) is 41.3 Å². The standard InChI is InChI=1S/C15H15NO2S/c1-10-4-9-13(16-15(10)18-2)14(17)11-5-7-12(19-3)8-6-11/h4-9H,1-3H3. The van der Waals surface area contributed by atoms with Crippen LogP contribution in [0.2, 0.25) is 0 Å². The fourth-order valence-corrected chi connectivity index (χ4v) is 2.14. The molecule has 0 saturated heterocycles. The van der Waals surface area contributed by atoms with E-state index in [1.165, 1.54) is 0 Å². The summed E-state index contributed by atoms with van der Waals surface area (Å²) in [6.07, 6.45) is 2.00. The molecular formula is C15H15NO2S. The lowest BCUT2D eigenvalue weighted by atomic mass is 10.1. The molecule has 0 unspecified atom stereocenters. The van der Waals surface area contributed by atoms with Gasteiger partial charge in [-0.25, -0.2) is 4.98 Å². The fraction of sp³-hybridized carbons (Fsp3) is 0.200. The summed E-state index contributed by atoms with van der Waals surface area (Å²) in [5.41, 5.74) is 1.95. The third-order valence-corrected chi connectivity index (χ3v) is 3.57. The monoisotopic (exact) mass is 273 g/mol. The van der Waals surface area contributed by atoms with Crippen molar-refractivity contribution in [2.24, 2.45) is 0 Å². The summed E-state index contributed by atoms with van der Waals surface area (Å²) in [7, 11) is 1.55. The Labute approximate surface area is 117 Å². The smallest absolute Gasteiger partial charge is 0.216 e. The van der Waals surface area contributed by atoms with Crippen molar-refractivity contribution in [2.45, 2.75) is 11.8 Å². The Hall–Kier alpha value is -1.81. The number of hydrogen-bond donors (Lipinski definition) is 0. The molecule has 1 aromatic carbocycles. The van der Waals surface area contributed by atoms with Gasteiger partial charge >= 0.3 is 0 Å². The molecule has 0 aliphatic heterocycles. The van der Waals surface area contributed by atoms with Gasteiger partial charge in [0.2, 0.25) is 11.7 Å². The normalized spacial score (nSPS) is 10.3. The highest BCUT2D eigenvalue weighted by molar-refractivity contribution is 7.98. The Bertz CT molecular complexity index is 594. The van der Waals surface area contributed by atoms with E-state index in [9.17, 15) is 4.79 Å². The van der Waals surface area contributed by atoms with Crippen LogP contribution in [-0.2, 0) is 0 Å². The van der Waals surface area contributed by atoms with Crippen LogP contribution in [-0.4, -0.2) is 24.1 Å². The minimum atomic E-state index is -0.0917. The van der Waals surface area contributed by atoms with Gasteiger partial charge in [-0.2, -0.15) is 0 Å². The first-order chi connectivity index (χ1) is 9.15. The Kier molecular flexibility index (Phi) is 4.22. The lowest BCUT2D eigenvalue weighted by Crippen LogP contribution is -2.05. The first-order valence-corrected chi connectivity index (χ1v) is 7.08. The number of benzene rings is 1. The Morgan fingerprint density at radius 1 is 1.16 bits per heavy atom. The highest BCUT2D eigenvalue weighted by Crippen LogP contribution is 2.19. The van der Waals surface area contributed by atoms with E-state index in [0.29, 0.717) is 17.1 Å². The fourth-order valence-electron chi connectivity index (χ4n) is 1.73. The average Bonchev–Trinajstić information content (AvgIpc) is 2.47. The highest BCUT2D eigenvalue weighted by Gasteiger charge is 2.12. The molecule has 0 N–H and O–H groups in total. The zero-order valence-electron chi connectivity index (χ0n) is 11.1. The predicted octanol–water partition coefficient (Wildman–Crippen LogP) is 3.35. The van der Waals surface area contributed by atoms with Crippen LogP contribution in [0, 0.1) is 6.92 Å². The summed E-state index contributed by atoms with van der Waals surface area (Å²) in [5.74, 6) is 0.400. The number of aryl methyl sites for hydroxylation is 1. The number of methoxy groups -OCH3 is 1. The van der Waals surface area contributed by atoms with E-state index in [-0.39, 0.29) is 5.78 Å². The summed E-state index contributed by atoms with van der Waals surface area (Å²) in [6, 6.07) is 11.1. The number of nitrogens with zero attached hydrogens (tertiary/aromatic N) is 1. The minimum Gasteiger partial charge on any atom is -0.481 e. The number of carbonyl (C=O) groups is 1. The van der Waals surface area contributed by atoms with E-state index in [1.54, 1.807) is 24.9 Å². The molecule has 0 aliphatic carbocycles. The van der Waals surface area contributed by atoms with Crippen molar-refractivity contribution in [3.05, 3.63) is 53.2 Å². The van der Waals surface area contributed by atoms with Gasteiger partial charge in [-0.05, 0) is 43.5 Å². The van der Waals surface area contributed by atoms with E-state index >= 15 is 0 Å². The molecule has 3 nitrogen and oxygen atoms in total. The number of aromatic nitrogens is 1. The number of carbonyl (C=O) groups excluding carboxylic acids is 1.